The average molecular weight is 556 g/mol. The molecule has 1 spiro atoms. The van der Waals surface area contributed by atoms with Crippen LogP contribution >= 0.6 is 0 Å². The van der Waals surface area contributed by atoms with Crippen LogP contribution in [-0.4, -0.2) is 34.5 Å². The van der Waals surface area contributed by atoms with Gasteiger partial charge < -0.3 is 10.2 Å². The van der Waals surface area contributed by atoms with Crippen LogP contribution in [0.25, 0.3) is 5.57 Å². The van der Waals surface area contributed by atoms with Crippen LogP contribution in [0.2, 0.25) is 0 Å². The standard InChI is InChI=1S/C34H25N3O5/c1-20-19-28-34(25-12-6-7-13-26(25)35-33(34)40)29(31(38)21-9-3-2-4-10-21)30(36(28)27-14-8-5-11-24(20)27)32(39)22-15-17-23(18-16-22)37(41)42/h2-19,28-30H,1H3,(H,35,40)/t28-,29-,30+,34+/m0/s1. The first kappa shape index (κ1) is 25.6. The van der Waals surface area contributed by atoms with Gasteiger partial charge in [0.1, 0.15) is 11.5 Å². The van der Waals surface area contributed by atoms with E-state index in [9.17, 15) is 24.5 Å². The topological polar surface area (TPSA) is 110 Å². The number of allylic oxidation sites excluding steroid dienone is 1. The molecule has 42 heavy (non-hydrogen) atoms. The largest absolute Gasteiger partial charge is 0.352 e. The number of carbonyl (C=O) groups is 3. The van der Waals surface area contributed by atoms with Crippen LogP contribution in [0.3, 0.4) is 0 Å². The van der Waals surface area contributed by atoms with Crippen molar-refractivity contribution in [3.05, 3.63) is 142 Å². The van der Waals surface area contributed by atoms with E-state index in [2.05, 4.69) is 5.32 Å². The van der Waals surface area contributed by atoms with Crippen molar-refractivity contribution in [3.63, 3.8) is 0 Å². The lowest BCUT2D eigenvalue weighted by molar-refractivity contribution is -0.384. The number of hydrogen-bond acceptors (Lipinski definition) is 6. The number of fused-ring (bicyclic) bond motifs is 6. The Kier molecular flexibility index (Phi) is 5.69. The average Bonchev–Trinajstić information content (AvgIpc) is 3.49. The number of nitrogens with zero attached hydrogens (tertiary/aromatic N) is 2. The summed E-state index contributed by atoms with van der Waals surface area (Å²) in [5.41, 5.74) is 2.94. The number of nitro groups is 1. The number of benzene rings is 4. The van der Waals surface area contributed by atoms with Crippen molar-refractivity contribution >= 4 is 40.1 Å². The van der Waals surface area contributed by atoms with Crippen LogP contribution in [0.5, 0.6) is 0 Å². The third kappa shape index (κ3) is 3.44. The van der Waals surface area contributed by atoms with Crippen molar-refractivity contribution in [1.82, 2.24) is 0 Å². The molecule has 3 heterocycles. The molecule has 8 nitrogen and oxygen atoms in total. The fourth-order valence-electron chi connectivity index (χ4n) is 7.09. The van der Waals surface area contributed by atoms with Gasteiger partial charge in [-0.2, -0.15) is 0 Å². The van der Waals surface area contributed by atoms with E-state index >= 15 is 0 Å². The number of Topliss-reactive ketones (excluding diaryl/α,β-unsaturated/α-hetero) is 2. The van der Waals surface area contributed by atoms with Gasteiger partial charge in [0, 0.05) is 40.2 Å². The maximum atomic E-state index is 14.7. The third-order valence-corrected chi connectivity index (χ3v) is 8.86. The summed E-state index contributed by atoms with van der Waals surface area (Å²) in [6.45, 7) is 1.97. The molecule has 4 aromatic carbocycles. The number of para-hydroxylation sites is 2. The van der Waals surface area contributed by atoms with Gasteiger partial charge in [-0.15, -0.1) is 0 Å². The Morgan fingerprint density at radius 1 is 0.833 bits per heavy atom. The molecule has 0 aliphatic carbocycles. The van der Waals surface area contributed by atoms with E-state index in [4.69, 9.17) is 0 Å². The normalized spacial score (nSPS) is 23.5. The second-order valence-corrected chi connectivity index (χ2v) is 10.9. The molecule has 1 fully saturated rings. The van der Waals surface area contributed by atoms with Crippen molar-refractivity contribution in [2.45, 2.75) is 24.4 Å². The molecule has 8 heteroatoms. The Bertz CT molecular complexity index is 1830. The van der Waals surface area contributed by atoms with Gasteiger partial charge in [-0.1, -0.05) is 72.8 Å². The van der Waals surface area contributed by atoms with Crippen molar-refractivity contribution in [3.8, 4) is 0 Å². The third-order valence-electron chi connectivity index (χ3n) is 8.86. The van der Waals surface area contributed by atoms with Crippen LogP contribution in [0.1, 0.15) is 38.8 Å². The number of carbonyl (C=O) groups excluding carboxylic acids is 3. The molecule has 4 aromatic rings. The highest BCUT2D eigenvalue weighted by Crippen LogP contribution is 2.58. The van der Waals surface area contributed by atoms with Crippen LogP contribution in [0, 0.1) is 16.0 Å². The van der Waals surface area contributed by atoms with E-state index in [0.717, 1.165) is 16.8 Å². The summed E-state index contributed by atoms with van der Waals surface area (Å²) in [6.07, 6.45) is 2.00. The van der Waals surface area contributed by atoms with E-state index in [1.165, 1.54) is 24.3 Å². The maximum absolute atomic E-state index is 14.7. The number of amides is 1. The fourth-order valence-corrected chi connectivity index (χ4v) is 7.09. The van der Waals surface area contributed by atoms with Gasteiger partial charge in [-0.3, -0.25) is 24.5 Å². The van der Waals surface area contributed by atoms with Gasteiger partial charge in [0.25, 0.3) is 5.69 Å². The van der Waals surface area contributed by atoms with Crippen molar-refractivity contribution in [2.24, 2.45) is 5.92 Å². The summed E-state index contributed by atoms with van der Waals surface area (Å²) >= 11 is 0. The molecule has 4 atom stereocenters. The van der Waals surface area contributed by atoms with Gasteiger partial charge in [0.2, 0.25) is 5.91 Å². The predicted molar refractivity (Wildman–Crippen MR) is 159 cm³/mol. The Hall–Kier alpha value is -5.37. The minimum Gasteiger partial charge on any atom is -0.352 e. The minimum absolute atomic E-state index is 0.143. The zero-order valence-electron chi connectivity index (χ0n) is 22.6. The summed E-state index contributed by atoms with van der Waals surface area (Å²) in [7, 11) is 0. The van der Waals surface area contributed by atoms with Gasteiger partial charge in [0.05, 0.1) is 16.9 Å². The minimum atomic E-state index is -1.42. The quantitative estimate of drug-likeness (QED) is 0.188. The summed E-state index contributed by atoms with van der Waals surface area (Å²) in [4.78, 5) is 56.5. The molecule has 0 saturated carbocycles. The molecule has 1 amide bonds. The number of non-ortho nitro benzene ring substituents is 1. The molecule has 0 radical (unpaired) electrons. The molecule has 0 bridgehead atoms. The zero-order chi connectivity index (χ0) is 29.2. The summed E-state index contributed by atoms with van der Waals surface area (Å²) in [5.74, 6) is -2.15. The molecule has 1 saturated heterocycles. The van der Waals surface area contributed by atoms with E-state index in [0.29, 0.717) is 16.8 Å². The zero-order valence-corrected chi connectivity index (χ0v) is 22.6. The van der Waals surface area contributed by atoms with Gasteiger partial charge in [-0.25, -0.2) is 0 Å². The Balaban J connectivity index is 1.53. The highest BCUT2D eigenvalue weighted by Gasteiger charge is 2.70. The number of rotatable bonds is 5. The van der Waals surface area contributed by atoms with Gasteiger partial charge in [-0.05, 0) is 42.3 Å². The smallest absolute Gasteiger partial charge is 0.269 e. The molecule has 7 rings (SSSR count). The first-order valence-electron chi connectivity index (χ1n) is 13.7. The molecule has 0 aromatic heterocycles. The van der Waals surface area contributed by atoms with Crippen LogP contribution in [-0.2, 0) is 10.2 Å². The van der Waals surface area contributed by atoms with Gasteiger partial charge >= 0.3 is 0 Å². The van der Waals surface area contributed by atoms with Crippen LogP contribution in [0.4, 0.5) is 17.1 Å². The van der Waals surface area contributed by atoms with Crippen molar-refractivity contribution in [2.75, 3.05) is 10.2 Å². The second kappa shape index (κ2) is 9.34. The van der Waals surface area contributed by atoms with Gasteiger partial charge in [0.15, 0.2) is 11.6 Å². The maximum Gasteiger partial charge on any atom is 0.269 e. The first-order valence-corrected chi connectivity index (χ1v) is 13.7. The first-order chi connectivity index (χ1) is 20.3. The highest BCUT2D eigenvalue weighted by molar-refractivity contribution is 6.18. The molecule has 0 unspecified atom stereocenters. The summed E-state index contributed by atoms with van der Waals surface area (Å²) < 4.78 is 0. The number of anilines is 2. The fraction of sp³-hybridized carbons (Fsp3) is 0.147. The van der Waals surface area contributed by atoms with E-state index < -0.39 is 28.3 Å². The molecule has 3 aliphatic heterocycles. The van der Waals surface area contributed by atoms with E-state index in [1.807, 2.05) is 72.5 Å². The Morgan fingerprint density at radius 3 is 2.21 bits per heavy atom. The predicted octanol–water partition coefficient (Wildman–Crippen LogP) is 5.84. The summed E-state index contributed by atoms with van der Waals surface area (Å²) in [5, 5.41) is 14.4. The lowest BCUT2D eigenvalue weighted by Gasteiger charge is -2.39. The van der Waals surface area contributed by atoms with Crippen LogP contribution in [0.15, 0.2) is 109 Å². The monoisotopic (exact) mass is 555 g/mol. The number of ketones is 2. The lowest BCUT2D eigenvalue weighted by Crippen LogP contribution is -2.51. The second-order valence-electron chi connectivity index (χ2n) is 10.9. The Labute approximate surface area is 241 Å². The van der Waals surface area contributed by atoms with E-state index in [-0.39, 0.29) is 28.7 Å². The van der Waals surface area contributed by atoms with Crippen LogP contribution < -0.4 is 10.2 Å². The summed E-state index contributed by atoms with van der Waals surface area (Å²) in [6, 6.07) is 27.4. The molecular weight excluding hydrogens is 530 g/mol. The molecular formula is C34H25N3O5. The highest BCUT2D eigenvalue weighted by atomic mass is 16.6. The lowest BCUT2D eigenvalue weighted by atomic mass is 9.64. The number of hydrogen-bond donors (Lipinski definition) is 1. The van der Waals surface area contributed by atoms with Crippen molar-refractivity contribution in [1.29, 1.82) is 0 Å². The SMILES string of the molecule is CC1=C[C@@H]2N(c3ccccc31)[C@@H](C(=O)c1ccc([N+](=O)[O-])cc1)[C@@H](C(=O)c1ccccc1)[C@]21C(=O)Nc2ccccc21. The number of nitrogens with one attached hydrogen (secondary N) is 1. The Morgan fingerprint density at radius 2 is 1.48 bits per heavy atom. The molecule has 3 aliphatic rings. The number of nitro benzene ring substituents is 1. The van der Waals surface area contributed by atoms with Crippen molar-refractivity contribution < 1.29 is 19.3 Å². The van der Waals surface area contributed by atoms with E-state index in [1.54, 1.807) is 24.3 Å². The molecule has 1 N–H and O–H groups in total. The molecule has 206 valence electrons.